The Balaban J connectivity index is 1.53. The van der Waals surface area contributed by atoms with E-state index in [1.165, 1.54) is 11.1 Å². The minimum absolute atomic E-state index is 0.193. The van der Waals surface area contributed by atoms with Gasteiger partial charge in [-0.05, 0) is 56.0 Å². The van der Waals surface area contributed by atoms with Gasteiger partial charge in [-0.15, -0.1) is 0 Å². The van der Waals surface area contributed by atoms with Gasteiger partial charge in [-0.25, -0.2) is 4.98 Å². The second-order valence-corrected chi connectivity index (χ2v) is 7.46. The van der Waals surface area contributed by atoms with Gasteiger partial charge in [-0.3, -0.25) is 4.79 Å². The standard InChI is InChI=1S/C22H25N3O/c1-15(2)25-16(3)23-20-12-17(8-9-21(20)25)13-22(26)24-11-10-18-6-4-5-7-19(18)14-24/h4-9,12,15H,10-11,13-14H2,1-3H3. The molecule has 4 heteroatoms. The smallest absolute Gasteiger partial charge is 0.227 e. The van der Waals surface area contributed by atoms with Crippen molar-refractivity contribution in [3.8, 4) is 0 Å². The van der Waals surface area contributed by atoms with Gasteiger partial charge in [-0.2, -0.15) is 0 Å². The number of hydrogen-bond acceptors (Lipinski definition) is 2. The maximum absolute atomic E-state index is 12.8. The monoisotopic (exact) mass is 347 g/mol. The largest absolute Gasteiger partial charge is 0.338 e. The lowest BCUT2D eigenvalue weighted by atomic mass is 9.99. The molecule has 1 amide bonds. The molecule has 4 nitrogen and oxygen atoms in total. The Morgan fingerprint density at radius 1 is 1.15 bits per heavy atom. The summed E-state index contributed by atoms with van der Waals surface area (Å²) in [5, 5.41) is 0. The van der Waals surface area contributed by atoms with E-state index in [9.17, 15) is 4.79 Å². The second-order valence-electron chi connectivity index (χ2n) is 7.46. The molecule has 0 atom stereocenters. The molecule has 0 fully saturated rings. The first-order chi connectivity index (χ1) is 12.5. The van der Waals surface area contributed by atoms with Crippen LogP contribution in [0.15, 0.2) is 42.5 Å². The van der Waals surface area contributed by atoms with Crippen LogP contribution in [0.5, 0.6) is 0 Å². The van der Waals surface area contributed by atoms with Crippen molar-refractivity contribution in [1.82, 2.24) is 14.5 Å². The van der Waals surface area contributed by atoms with Crippen molar-refractivity contribution in [3.63, 3.8) is 0 Å². The molecule has 134 valence electrons. The van der Waals surface area contributed by atoms with E-state index in [4.69, 9.17) is 0 Å². The quantitative estimate of drug-likeness (QED) is 0.717. The van der Waals surface area contributed by atoms with E-state index >= 15 is 0 Å². The van der Waals surface area contributed by atoms with Gasteiger partial charge in [0.05, 0.1) is 17.5 Å². The molecule has 1 aliphatic heterocycles. The van der Waals surface area contributed by atoms with Crippen LogP contribution in [0.2, 0.25) is 0 Å². The highest BCUT2D eigenvalue weighted by Gasteiger charge is 2.21. The molecular formula is C22H25N3O. The molecule has 1 aliphatic rings. The highest BCUT2D eigenvalue weighted by molar-refractivity contribution is 5.82. The lowest BCUT2D eigenvalue weighted by molar-refractivity contribution is -0.131. The van der Waals surface area contributed by atoms with E-state index in [1.807, 2.05) is 17.9 Å². The fraction of sp³-hybridized carbons (Fsp3) is 0.364. The first kappa shape index (κ1) is 16.8. The predicted molar refractivity (Wildman–Crippen MR) is 104 cm³/mol. The highest BCUT2D eigenvalue weighted by atomic mass is 16.2. The first-order valence-corrected chi connectivity index (χ1v) is 9.35. The Kier molecular flexibility index (Phi) is 4.27. The molecular weight excluding hydrogens is 322 g/mol. The normalized spacial score (nSPS) is 14.1. The summed E-state index contributed by atoms with van der Waals surface area (Å²) in [6.45, 7) is 7.90. The number of rotatable bonds is 3. The molecule has 0 radical (unpaired) electrons. The van der Waals surface area contributed by atoms with Crippen LogP contribution in [0, 0.1) is 6.92 Å². The Labute approximate surface area is 154 Å². The lowest BCUT2D eigenvalue weighted by Gasteiger charge is -2.29. The summed E-state index contributed by atoms with van der Waals surface area (Å²) in [7, 11) is 0. The lowest BCUT2D eigenvalue weighted by Crippen LogP contribution is -2.36. The number of amides is 1. The minimum Gasteiger partial charge on any atom is -0.338 e. The average Bonchev–Trinajstić information content (AvgIpc) is 2.96. The van der Waals surface area contributed by atoms with Gasteiger partial charge in [0.25, 0.3) is 0 Å². The van der Waals surface area contributed by atoms with E-state index in [0.29, 0.717) is 12.5 Å². The third kappa shape index (κ3) is 3.00. The van der Waals surface area contributed by atoms with Crippen LogP contribution in [-0.4, -0.2) is 26.9 Å². The number of carbonyl (C=O) groups excluding carboxylic acids is 1. The van der Waals surface area contributed by atoms with Gasteiger partial charge >= 0.3 is 0 Å². The summed E-state index contributed by atoms with van der Waals surface area (Å²) < 4.78 is 2.24. The van der Waals surface area contributed by atoms with Crippen LogP contribution in [0.25, 0.3) is 11.0 Å². The Hall–Kier alpha value is -2.62. The Bertz CT molecular complexity index is 971. The molecule has 3 aromatic rings. The number of benzene rings is 2. The molecule has 0 bridgehead atoms. The van der Waals surface area contributed by atoms with E-state index < -0.39 is 0 Å². The summed E-state index contributed by atoms with van der Waals surface area (Å²) in [6, 6.07) is 15.0. The summed E-state index contributed by atoms with van der Waals surface area (Å²) >= 11 is 0. The number of imidazole rings is 1. The topological polar surface area (TPSA) is 38.1 Å². The van der Waals surface area contributed by atoms with Gasteiger partial charge in [0.1, 0.15) is 5.82 Å². The van der Waals surface area contributed by atoms with Crippen molar-refractivity contribution in [2.24, 2.45) is 0 Å². The molecule has 0 N–H and O–H groups in total. The van der Waals surface area contributed by atoms with E-state index in [2.05, 4.69) is 59.8 Å². The van der Waals surface area contributed by atoms with E-state index in [1.54, 1.807) is 0 Å². The first-order valence-electron chi connectivity index (χ1n) is 9.35. The number of hydrogen-bond donors (Lipinski definition) is 0. The fourth-order valence-electron chi connectivity index (χ4n) is 4.02. The Morgan fingerprint density at radius 3 is 2.69 bits per heavy atom. The summed E-state index contributed by atoms with van der Waals surface area (Å²) in [5.74, 6) is 1.21. The number of nitrogens with zero attached hydrogens (tertiary/aromatic N) is 3. The zero-order chi connectivity index (χ0) is 18.3. The number of aromatic nitrogens is 2. The third-order valence-corrected chi connectivity index (χ3v) is 5.29. The van der Waals surface area contributed by atoms with Gasteiger partial charge in [-0.1, -0.05) is 30.3 Å². The summed E-state index contributed by atoms with van der Waals surface area (Å²) in [5.41, 5.74) is 5.79. The maximum atomic E-state index is 12.8. The van der Waals surface area contributed by atoms with Gasteiger partial charge in [0.15, 0.2) is 0 Å². The molecule has 0 unspecified atom stereocenters. The Morgan fingerprint density at radius 2 is 1.92 bits per heavy atom. The van der Waals surface area contributed by atoms with Crippen LogP contribution < -0.4 is 0 Å². The van der Waals surface area contributed by atoms with Crippen LogP contribution in [0.4, 0.5) is 0 Å². The number of aryl methyl sites for hydroxylation is 1. The van der Waals surface area contributed by atoms with Gasteiger partial charge in [0.2, 0.25) is 5.91 Å². The number of fused-ring (bicyclic) bond motifs is 2. The SMILES string of the molecule is Cc1nc2cc(CC(=O)N3CCc4ccccc4C3)ccc2n1C(C)C. The van der Waals surface area contributed by atoms with Crippen molar-refractivity contribution in [2.75, 3.05) is 6.54 Å². The summed E-state index contributed by atoms with van der Waals surface area (Å²) in [4.78, 5) is 19.5. The zero-order valence-electron chi connectivity index (χ0n) is 15.7. The average molecular weight is 347 g/mol. The number of carbonyl (C=O) groups is 1. The van der Waals surface area contributed by atoms with Crippen molar-refractivity contribution in [1.29, 1.82) is 0 Å². The molecule has 0 saturated carbocycles. The van der Waals surface area contributed by atoms with E-state index in [-0.39, 0.29) is 5.91 Å². The predicted octanol–water partition coefficient (Wildman–Crippen LogP) is 4.05. The molecule has 0 saturated heterocycles. The second kappa shape index (κ2) is 6.60. The van der Waals surface area contributed by atoms with E-state index in [0.717, 1.165) is 41.9 Å². The van der Waals surface area contributed by atoms with Crippen molar-refractivity contribution in [3.05, 3.63) is 65.0 Å². The molecule has 1 aromatic heterocycles. The molecule has 2 aromatic carbocycles. The van der Waals surface area contributed by atoms with Crippen LogP contribution in [0.1, 0.15) is 42.4 Å². The van der Waals surface area contributed by atoms with Crippen molar-refractivity contribution in [2.45, 2.75) is 46.2 Å². The van der Waals surface area contributed by atoms with Crippen LogP contribution in [-0.2, 0) is 24.2 Å². The molecule has 26 heavy (non-hydrogen) atoms. The van der Waals surface area contributed by atoms with Gasteiger partial charge < -0.3 is 9.47 Å². The molecule has 0 spiro atoms. The molecule has 0 aliphatic carbocycles. The van der Waals surface area contributed by atoms with Crippen LogP contribution in [0.3, 0.4) is 0 Å². The van der Waals surface area contributed by atoms with Crippen molar-refractivity contribution >= 4 is 16.9 Å². The third-order valence-electron chi connectivity index (χ3n) is 5.29. The minimum atomic E-state index is 0.193. The highest BCUT2D eigenvalue weighted by Crippen LogP contribution is 2.23. The van der Waals surface area contributed by atoms with Crippen molar-refractivity contribution < 1.29 is 4.79 Å². The molecule has 4 rings (SSSR count). The fourth-order valence-corrected chi connectivity index (χ4v) is 4.02. The molecule has 2 heterocycles. The van der Waals surface area contributed by atoms with Crippen LogP contribution >= 0.6 is 0 Å². The summed E-state index contributed by atoms with van der Waals surface area (Å²) in [6.07, 6.45) is 1.38. The maximum Gasteiger partial charge on any atom is 0.227 e. The van der Waals surface area contributed by atoms with Gasteiger partial charge in [0, 0.05) is 19.1 Å². The zero-order valence-corrected chi connectivity index (χ0v) is 15.7.